The van der Waals surface area contributed by atoms with Crippen LogP contribution in [-0.4, -0.2) is 45.6 Å². The Bertz CT molecular complexity index is 956. The van der Waals surface area contributed by atoms with E-state index in [-0.39, 0.29) is 12.4 Å². The second-order valence-corrected chi connectivity index (χ2v) is 6.46. The Morgan fingerprint density at radius 2 is 2.03 bits per heavy atom. The largest absolute Gasteiger partial charge is 0.490 e. The maximum Gasteiger partial charge on any atom is 0.316 e. The number of aromatic nitrogens is 4. The summed E-state index contributed by atoms with van der Waals surface area (Å²) in [6.07, 6.45) is 3.75. The third-order valence-corrected chi connectivity index (χ3v) is 4.07. The molecule has 0 radical (unpaired) electrons. The maximum atomic E-state index is 12.2. The number of amides is 1. The number of halogens is 1. The Kier molecular flexibility index (Phi) is 7.07. The standard InChI is InChI=1S/C19H22ClN5O4/c1-3-27-15-6-5-13(9-16(15)28-4-2)7-8-21-18(26)19-23-17(24-29-19)12-25-11-14(20)10-22-25/h5-6,9-11H,3-4,7-8,12H2,1-2H3,(H,21,26). The molecule has 0 aliphatic carbocycles. The van der Waals surface area contributed by atoms with Gasteiger partial charge in [-0.3, -0.25) is 9.48 Å². The molecule has 10 heteroatoms. The lowest BCUT2D eigenvalue weighted by atomic mass is 10.1. The molecule has 2 heterocycles. The Labute approximate surface area is 172 Å². The van der Waals surface area contributed by atoms with Crippen molar-refractivity contribution >= 4 is 17.5 Å². The monoisotopic (exact) mass is 419 g/mol. The third kappa shape index (κ3) is 5.71. The summed E-state index contributed by atoms with van der Waals surface area (Å²) in [6.45, 7) is 5.62. The van der Waals surface area contributed by atoms with Crippen molar-refractivity contribution in [3.8, 4) is 11.5 Å². The molecule has 0 aliphatic heterocycles. The predicted molar refractivity (Wildman–Crippen MR) is 105 cm³/mol. The average Bonchev–Trinajstić information content (AvgIpc) is 3.33. The summed E-state index contributed by atoms with van der Waals surface area (Å²) in [6, 6.07) is 5.73. The SMILES string of the molecule is CCOc1ccc(CCNC(=O)c2nc(Cn3cc(Cl)cn3)no2)cc1OCC. The summed E-state index contributed by atoms with van der Waals surface area (Å²) in [4.78, 5) is 16.3. The van der Waals surface area contributed by atoms with Crippen LogP contribution in [0.15, 0.2) is 35.1 Å². The molecule has 2 aromatic heterocycles. The molecule has 0 saturated heterocycles. The van der Waals surface area contributed by atoms with E-state index in [2.05, 4.69) is 20.6 Å². The molecule has 1 aromatic carbocycles. The molecule has 3 aromatic rings. The predicted octanol–water partition coefficient (Wildman–Crippen LogP) is 2.74. The summed E-state index contributed by atoms with van der Waals surface area (Å²) in [5, 5.41) is 11.1. The first kappa shape index (κ1) is 20.7. The number of carbonyl (C=O) groups excluding carboxylic acids is 1. The molecule has 0 spiro atoms. The van der Waals surface area contributed by atoms with E-state index < -0.39 is 5.91 Å². The quantitative estimate of drug-likeness (QED) is 0.538. The highest BCUT2D eigenvalue weighted by molar-refractivity contribution is 6.30. The lowest BCUT2D eigenvalue weighted by molar-refractivity contribution is 0.0910. The first-order valence-electron chi connectivity index (χ1n) is 9.26. The number of hydrogen-bond donors (Lipinski definition) is 1. The highest BCUT2D eigenvalue weighted by Crippen LogP contribution is 2.28. The summed E-state index contributed by atoms with van der Waals surface area (Å²) in [5.74, 6) is 1.21. The van der Waals surface area contributed by atoms with E-state index in [1.54, 1.807) is 10.9 Å². The molecule has 0 unspecified atom stereocenters. The minimum Gasteiger partial charge on any atom is -0.490 e. The van der Waals surface area contributed by atoms with Crippen LogP contribution < -0.4 is 14.8 Å². The molecule has 0 bridgehead atoms. The number of ether oxygens (including phenoxy) is 2. The van der Waals surface area contributed by atoms with Crippen molar-refractivity contribution in [1.82, 2.24) is 25.2 Å². The Morgan fingerprint density at radius 1 is 1.24 bits per heavy atom. The first-order valence-corrected chi connectivity index (χ1v) is 9.64. The van der Waals surface area contributed by atoms with Crippen LogP contribution in [0.3, 0.4) is 0 Å². The van der Waals surface area contributed by atoms with Crippen LogP contribution in [0.25, 0.3) is 0 Å². The van der Waals surface area contributed by atoms with Gasteiger partial charge in [-0.15, -0.1) is 0 Å². The van der Waals surface area contributed by atoms with Crippen molar-refractivity contribution in [3.05, 3.63) is 52.9 Å². The number of nitrogens with one attached hydrogen (secondary N) is 1. The second kappa shape index (κ2) is 9.92. The summed E-state index contributed by atoms with van der Waals surface area (Å²) < 4.78 is 17.7. The molecule has 1 N–H and O–H groups in total. The van der Waals surface area contributed by atoms with Crippen LogP contribution in [0.4, 0.5) is 0 Å². The molecule has 0 aliphatic rings. The second-order valence-electron chi connectivity index (χ2n) is 6.02. The lowest BCUT2D eigenvalue weighted by Crippen LogP contribution is -2.26. The zero-order valence-electron chi connectivity index (χ0n) is 16.2. The summed E-state index contributed by atoms with van der Waals surface area (Å²) >= 11 is 5.82. The Balaban J connectivity index is 1.52. The molecule has 0 fully saturated rings. The van der Waals surface area contributed by atoms with Gasteiger partial charge in [0.05, 0.1) is 24.4 Å². The molecule has 9 nitrogen and oxygen atoms in total. The maximum absolute atomic E-state index is 12.2. The molecule has 29 heavy (non-hydrogen) atoms. The molecular weight excluding hydrogens is 398 g/mol. The van der Waals surface area contributed by atoms with Crippen molar-refractivity contribution in [2.45, 2.75) is 26.8 Å². The van der Waals surface area contributed by atoms with Crippen molar-refractivity contribution in [2.75, 3.05) is 19.8 Å². The van der Waals surface area contributed by atoms with E-state index in [1.807, 2.05) is 32.0 Å². The number of rotatable bonds is 10. The third-order valence-electron chi connectivity index (χ3n) is 3.87. The van der Waals surface area contributed by atoms with Crippen LogP contribution in [0, 0.1) is 0 Å². The van der Waals surface area contributed by atoms with E-state index in [0.29, 0.717) is 48.5 Å². The number of benzene rings is 1. The minimum atomic E-state index is -0.432. The fourth-order valence-electron chi connectivity index (χ4n) is 2.63. The summed E-state index contributed by atoms with van der Waals surface area (Å²) in [5.41, 5.74) is 1.01. The molecule has 0 atom stereocenters. The number of carbonyl (C=O) groups is 1. The highest BCUT2D eigenvalue weighted by Gasteiger charge is 2.15. The van der Waals surface area contributed by atoms with Crippen molar-refractivity contribution in [1.29, 1.82) is 0 Å². The number of hydrogen-bond acceptors (Lipinski definition) is 7. The van der Waals surface area contributed by atoms with Gasteiger partial charge < -0.3 is 19.3 Å². The lowest BCUT2D eigenvalue weighted by Gasteiger charge is -2.12. The molecular formula is C19H22ClN5O4. The van der Waals surface area contributed by atoms with E-state index in [9.17, 15) is 4.79 Å². The zero-order valence-corrected chi connectivity index (χ0v) is 17.0. The average molecular weight is 420 g/mol. The van der Waals surface area contributed by atoms with Gasteiger partial charge in [0.25, 0.3) is 0 Å². The minimum absolute atomic E-state index is 0.0973. The fourth-order valence-corrected chi connectivity index (χ4v) is 2.78. The molecule has 154 valence electrons. The van der Waals surface area contributed by atoms with Crippen molar-refractivity contribution in [2.24, 2.45) is 0 Å². The first-order chi connectivity index (χ1) is 14.1. The smallest absolute Gasteiger partial charge is 0.316 e. The Morgan fingerprint density at radius 3 is 2.76 bits per heavy atom. The van der Waals surface area contributed by atoms with Crippen LogP contribution in [-0.2, 0) is 13.0 Å². The van der Waals surface area contributed by atoms with Gasteiger partial charge >= 0.3 is 11.8 Å². The van der Waals surface area contributed by atoms with Gasteiger partial charge in [-0.25, -0.2) is 0 Å². The van der Waals surface area contributed by atoms with E-state index in [4.69, 9.17) is 25.6 Å². The van der Waals surface area contributed by atoms with E-state index in [1.165, 1.54) is 6.20 Å². The topological polar surface area (TPSA) is 104 Å². The van der Waals surface area contributed by atoms with Crippen molar-refractivity contribution < 1.29 is 18.8 Å². The fraction of sp³-hybridized carbons (Fsp3) is 0.368. The van der Waals surface area contributed by atoms with Crippen LogP contribution >= 0.6 is 11.6 Å². The Hall–Kier alpha value is -3.07. The highest BCUT2D eigenvalue weighted by atomic mass is 35.5. The van der Waals surface area contributed by atoms with Gasteiger partial charge in [0.2, 0.25) is 0 Å². The van der Waals surface area contributed by atoms with Gasteiger partial charge in [-0.1, -0.05) is 22.8 Å². The van der Waals surface area contributed by atoms with Gasteiger partial charge in [0.15, 0.2) is 17.3 Å². The van der Waals surface area contributed by atoms with E-state index in [0.717, 1.165) is 5.56 Å². The molecule has 1 amide bonds. The van der Waals surface area contributed by atoms with Gasteiger partial charge in [0, 0.05) is 12.7 Å². The number of nitrogens with zero attached hydrogens (tertiary/aromatic N) is 4. The van der Waals surface area contributed by atoms with Crippen LogP contribution in [0.2, 0.25) is 5.02 Å². The normalized spacial score (nSPS) is 10.7. The van der Waals surface area contributed by atoms with Crippen molar-refractivity contribution in [3.63, 3.8) is 0 Å². The van der Waals surface area contributed by atoms with Gasteiger partial charge in [0.1, 0.15) is 6.54 Å². The summed E-state index contributed by atoms with van der Waals surface area (Å²) in [7, 11) is 0. The van der Waals surface area contributed by atoms with Crippen LogP contribution in [0.5, 0.6) is 11.5 Å². The van der Waals surface area contributed by atoms with E-state index >= 15 is 0 Å². The van der Waals surface area contributed by atoms with Crippen LogP contribution in [0.1, 0.15) is 35.9 Å². The zero-order chi connectivity index (χ0) is 20.6. The van der Waals surface area contributed by atoms with Gasteiger partial charge in [-0.05, 0) is 38.0 Å². The van der Waals surface area contributed by atoms with Gasteiger partial charge in [-0.2, -0.15) is 10.1 Å². The molecule has 0 saturated carbocycles. The molecule has 3 rings (SSSR count).